The Morgan fingerprint density at radius 2 is 2.00 bits per heavy atom. The average molecular weight is 354 g/mol. The highest BCUT2D eigenvalue weighted by atomic mass is 79.9. The van der Waals surface area contributed by atoms with Crippen molar-refractivity contribution in [3.05, 3.63) is 69.4 Å². The molecule has 3 rings (SSSR count). The second-order valence-corrected chi connectivity index (χ2v) is 6.73. The van der Waals surface area contributed by atoms with Gasteiger partial charge in [0.2, 0.25) is 0 Å². The maximum atomic E-state index is 14.0. The lowest BCUT2D eigenvalue weighted by molar-refractivity contribution is 0.433. The van der Waals surface area contributed by atoms with Gasteiger partial charge in [0.1, 0.15) is 5.82 Å². The van der Waals surface area contributed by atoms with Gasteiger partial charge in [-0.05, 0) is 54.0 Å². The van der Waals surface area contributed by atoms with Gasteiger partial charge in [-0.15, -0.1) is 11.6 Å². The lowest BCUT2D eigenvalue weighted by Gasteiger charge is -2.29. The first-order valence-corrected chi connectivity index (χ1v) is 8.04. The third-order valence-corrected chi connectivity index (χ3v) is 5.13. The first-order chi connectivity index (χ1) is 9.65. The minimum Gasteiger partial charge on any atom is -0.207 e. The van der Waals surface area contributed by atoms with Gasteiger partial charge < -0.3 is 0 Å². The summed E-state index contributed by atoms with van der Waals surface area (Å²) in [6, 6.07) is 13.6. The van der Waals surface area contributed by atoms with E-state index >= 15 is 0 Å². The average Bonchev–Trinajstić information content (AvgIpc) is 2.45. The van der Waals surface area contributed by atoms with Crippen LogP contribution in [0.25, 0.3) is 0 Å². The molecule has 0 aromatic heterocycles. The molecular formula is C17H15BrClF. The number of fused-ring (bicyclic) bond motifs is 1. The largest absolute Gasteiger partial charge is 0.207 e. The number of halogens is 3. The van der Waals surface area contributed by atoms with Crippen molar-refractivity contribution in [3.8, 4) is 0 Å². The normalized spacial score (nSPS) is 21.6. The molecule has 0 radical (unpaired) electrons. The summed E-state index contributed by atoms with van der Waals surface area (Å²) < 4.78 is 14.7. The van der Waals surface area contributed by atoms with E-state index in [9.17, 15) is 4.39 Å². The summed E-state index contributed by atoms with van der Waals surface area (Å²) in [4.78, 5) is 0. The molecule has 0 aliphatic heterocycles. The van der Waals surface area contributed by atoms with Gasteiger partial charge in [0.25, 0.3) is 0 Å². The summed E-state index contributed by atoms with van der Waals surface area (Å²) in [6.07, 6.45) is 2.74. The number of hydrogen-bond acceptors (Lipinski definition) is 0. The van der Waals surface area contributed by atoms with Crippen LogP contribution in [0.3, 0.4) is 0 Å². The lowest BCUT2D eigenvalue weighted by atomic mass is 9.80. The zero-order valence-electron chi connectivity index (χ0n) is 11.0. The Bertz CT molecular complexity index is 626. The summed E-state index contributed by atoms with van der Waals surface area (Å²) in [5.41, 5.74) is 3.30. The van der Waals surface area contributed by atoms with Gasteiger partial charge in [-0.3, -0.25) is 0 Å². The zero-order chi connectivity index (χ0) is 14.1. The van der Waals surface area contributed by atoms with Gasteiger partial charge in [0.05, 0.1) is 5.38 Å². The molecule has 1 aliphatic carbocycles. The van der Waals surface area contributed by atoms with E-state index in [1.807, 2.05) is 18.2 Å². The highest BCUT2D eigenvalue weighted by Gasteiger charge is 2.28. The molecule has 20 heavy (non-hydrogen) atoms. The summed E-state index contributed by atoms with van der Waals surface area (Å²) in [5.74, 6) is 0.143. The standard InChI is InChI=1S/C17H15BrClF/c18-14-8-7-12(16(20)10-14)9-13-6-5-11-3-1-2-4-15(11)17(13)19/h1-4,7-8,10,13,17H,5-6,9H2. The monoisotopic (exact) mass is 352 g/mol. The fourth-order valence-electron chi connectivity index (χ4n) is 2.95. The number of aryl methyl sites for hydroxylation is 1. The highest BCUT2D eigenvalue weighted by molar-refractivity contribution is 9.10. The first-order valence-electron chi connectivity index (χ1n) is 6.81. The minimum atomic E-state index is -0.151. The summed E-state index contributed by atoms with van der Waals surface area (Å²) >= 11 is 9.90. The van der Waals surface area contributed by atoms with E-state index in [1.54, 1.807) is 0 Å². The molecule has 1 aliphatic rings. The van der Waals surface area contributed by atoms with Crippen LogP contribution < -0.4 is 0 Å². The van der Waals surface area contributed by atoms with E-state index < -0.39 is 0 Å². The topological polar surface area (TPSA) is 0 Å². The Morgan fingerprint density at radius 1 is 1.20 bits per heavy atom. The molecule has 2 aromatic rings. The fourth-order valence-corrected chi connectivity index (χ4v) is 3.71. The van der Waals surface area contributed by atoms with Crippen LogP contribution in [0.5, 0.6) is 0 Å². The molecule has 104 valence electrons. The van der Waals surface area contributed by atoms with Crippen LogP contribution in [-0.4, -0.2) is 0 Å². The van der Waals surface area contributed by atoms with E-state index in [2.05, 4.69) is 34.1 Å². The summed E-state index contributed by atoms with van der Waals surface area (Å²) in [7, 11) is 0. The Morgan fingerprint density at radius 3 is 2.80 bits per heavy atom. The Labute approximate surface area is 132 Å². The van der Waals surface area contributed by atoms with Crippen molar-refractivity contribution in [1.29, 1.82) is 0 Å². The second-order valence-electron chi connectivity index (χ2n) is 5.34. The molecule has 2 unspecified atom stereocenters. The van der Waals surface area contributed by atoms with Crippen LogP contribution >= 0.6 is 27.5 Å². The molecule has 0 amide bonds. The summed E-state index contributed by atoms with van der Waals surface area (Å²) in [5, 5.41) is -0.0250. The molecular weight excluding hydrogens is 339 g/mol. The van der Waals surface area contributed by atoms with Gasteiger partial charge in [-0.1, -0.05) is 46.3 Å². The molecule has 0 fully saturated rings. The molecule has 0 spiro atoms. The van der Waals surface area contributed by atoms with Crippen molar-refractivity contribution < 1.29 is 4.39 Å². The van der Waals surface area contributed by atoms with E-state index in [0.29, 0.717) is 12.3 Å². The van der Waals surface area contributed by atoms with E-state index in [4.69, 9.17) is 11.6 Å². The van der Waals surface area contributed by atoms with E-state index in [0.717, 1.165) is 22.9 Å². The van der Waals surface area contributed by atoms with Gasteiger partial charge >= 0.3 is 0 Å². The van der Waals surface area contributed by atoms with Crippen LogP contribution in [-0.2, 0) is 12.8 Å². The van der Waals surface area contributed by atoms with Crippen LogP contribution in [0.4, 0.5) is 4.39 Å². The SMILES string of the molecule is Fc1cc(Br)ccc1CC1CCc2ccccc2C1Cl. The van der Waals surface area contributed by atoms with Crippen molar-refractivity contribution in [1.82, 2.24) is 0 Å². The van der Waals surface area contributed by atoms with Crippen molar-refractivity contribution in [2.24, 2.45) is 5.92 Å². The lowest BCUT2D eigenvalue weighted by Crippen LogP contribution is -2.19. The molecule has 0 bridgehead atoms. The predicted molar refractivity (Wildman–Crippen MR) is 84.7 cm³/mol. The third-order valence-electron chi connectivity index (χ3n) is 4.05. The Kier molecular flexibility index (Phi) is 4.13. The van der Waals surface area contributed by atoms with Crippen molar-refractivity contribution >= 4 is 27.5 Å². The van der Waals surface area contributed by atoms with Gasteiger partial charge in [0, 0.05) is 4.47 Å². The maximum absolute atomic E-state index is 14.0. The van der Waals surface area contributed by atoms with Crippen molar-refractivity contribution in [3.63, 3.8) is 0 Å². The minimum absolute atomic E-state index is 0.0250. The van der Waals surface area contributed by atoms with E-state index in [1.165, 1.54) is 17.2 Å². The number of rotatable bonds is 2. The molecule has 0 heterocycles. The molecule has 0 saturated heterocycles. The smallest absolute Gasteiger partial charge is 0.127 e. The van der Waals surface area contributed by atoms with Gasteiger partial charge in [-0.2, -0.15) is 0 Å². The Hall–Kier alpha value is -0.860. The quantitative estimate of drug-likeness (QED) is 0.610. The van der Waals surface area contributed by atoms with Gasteiger partial charge in [0.15, 0.2) is 0 Å². The molecule has 3 heteroatoms. The van der Waals surface area contributed by atoms with Crippen LogP contribution in [0.1, 0.15) is 28.5 Å². The fraction of sp³-hybridized carbons (Fsp3) is 0.294. The Balaban J connectivity index is 1.83. The van der Waals surface area contributed by atoms with Crippen LogP contribution in [0.15, 0.2) is 46.9 Å². The molecule has 2 aromatic carbocycles. The predicted octanol–water partition coefficient (Wildman–Crippen LogP) is 5.67. The first kappa shape index (κ1) is 14.1. The number of alkyl halides is 1. The highest BCUT2D eigenvalue weighted by Crippen LogP contribution is 2.40. The zero-order valence-corrected chi connectivity index (χ0v) is 13.3. The molecule has 0 nitrogen and oxygen atoms in total. The van der Waals surface area contributed by atoms with Gasteiger partial charge in [-0.25, -0.2) is 4.39 Å². The molecule has 0 N–H and O–H groups in total. The third kappa shape index (κ3) is 2.77. The van der Waals surface area contributed by atoms with Crippen molar-refractivity contribution in [2.75, 3.05) is 0 Å². The second kappa shape index (κ2) is 5.87. The summed E-state index contributed by atoms with van der Waals surface area (Å²) in [6.45, 7) is 0. The van der Waals surface area contributed by atoms with Crippen molar-refractivity contribution in [2.45, 2.75) is 24.6 Å². The number of benzene rings is 2. The van der Waals surface area contributed by atoms with Crippen LogP contribution in [0.2, 0.25) is 0 Å². The molecule has 2 atom stereocenters. The molecule has 0 saturated carbocycles. The maximum Gasteiger partial charge on any atom is 0.127 e. The van der Waals surface area contributed by atoms with E-state index in [-0.39, 0.29) is 11.2 Å². The van der Waals surface area contributed by atoms with Crippen LogP contribution in [0, 0.1) is 11.7 Å². The number of hydrogen-bond donors (Lipinski definition) is 0.